The molecule has 260 valence electrons. The van der Waals surface area contributed by atoms with Crippen molar-refractivity contribution in [1.29, 1.82) is 0 Å². The van der Waals surface area contributed by atoms with Gasteiger partial charge in [-0.3, -0.25) is 0 Å². The number of aromatic nitrogens is 1. The first-order valence-corrected chi connectivity index (χ1v) is 19.5. The molecule has 0 radical (unpaired) electrons. The highest BCUT2D eigenvalue weighted by atomic mass is 15.0. The molecule has 1 nitrogen and oxygen atoms in total. The molecule has 0 saturated heterocycles. The van der Waals surface area contributed by atoms with Crippen LogP contribution >= 0.6 is 0 Å². The summed E-state index contributed by atoms with van der Waals surface area (Å²) >= 11 is 0. The van der Waals surface area contributed by atoms with E-state index < -0.39 is 0 Å². The van der Waals surface area contributed by atoms with Crippen LogP contribution in [-0.2, 0) is 6.42 Å². The Morgan fingerprint density at radius 3 is 1.21 bits per heavy atom. The topological polar surface area (TPSA) is 4.93 Å². The SMILES string of the molecule is c1ccc2c(-c3ccc4c(c3)Cc3cc(-n5c6ccc(-c7cccc8ccccc78)cc6c6cc(-c7cccc8ccccc78)ccc65)ccc3-4)cccc2c1. The maximum absolute atomic E-state index is 2.48. The molecule has 1 heterocycles. The van der Waals surface area contributed by atoms with Crippen molar-refractivity contribution in [2.24, 2.45) is 0 Å². The molecule has 1 heteroatoms. The van der Waals surface area contributed by atoms with Gasteiger partial charge in [0.1, 0.15) is 0 Å². The zero-order chi connectivity index (χ0) is 36.7. The minimum absolute atomic E-state index is 0.921. The Balaban J connectivity index is 1.02. The summed E-state index contributed by atoms with van der Waals surface area (Å²) in [5.74, 6) is 0. The highest BCUT2D eigenvalue weighted by molar-refractivity contribution is 6.13. The van der Waals surface area contributed by atoms with E-state index in [9.17, 15) is 0 Å². The van der Waals surface area contributed by atoms with E-state index in [0.29, 0.717) is 0 Å². The molecule has 0 saturated carbocycles. The number of hydrogen-bond acceptors (Lipinski definition) is 0. The number of nitrogens with zero attached hydrogens (tertiary/aromatic N) is 1. The molecule has 10 aromatic carbocycles. The molecule has 0 amide bonds. The van der Waals surface area contributed by atoms with E-state index in [4.69, 9.17) is 0 Å². The molecular weight excluding hydrogens is 675 g/mol. The Hall–Kier alpha value is -7.22. The lowest BCUT2D eigenvalue weighted by Gasteiger charge is -2.12. The predicted molar refractivity (Wildman–Crippen MR) is 238 cm³/mol. The third-order valence-electron chi connectivity index (χ3n) is 12.2. The molecular formula is C55H35N. The zero-order valence-corrected chi connectivity index (χ0v) is 30.7. The van der Waals surface area contributed by atoms with E-state index in [-0.39, 0.29) is 0 Å². The van der Waals surface area contributed by atoms with Crippen LogP contribution in [0.2, 0.25) is 0 Å². The van der Waals surface area contributed by atoms with Crippen molar-refractivity contribution in [2.45, 2.75) is 6.42 Å². The Bertz CT molecular complexity index is 3240. The Kier molecular flexibility index (Phi) is 6.76. The molecule has 1 aromatic heterocycles. The smallest absolute Gasteiger partial charge is 0.0541 e. The number of benzene rings is 10. The van der Waals surface area contributed by atoms with Crippen LogP contribution in [0.1, 0.15) is 11.1 Å². The van der Waals surface area contributed by atoms with Gasteiger partial charge in [-0.2, -0.15) is 0 Å². The first-order chi connectivity index (χ1) is 27.7. The molecule has 56 heavy (non-hydrogen) atoms. The highest BCUT2D eigenvalue weighted by Crippen LogP contribution is 2.43. The molecule has 0 atom stereocenters. The second kappa shape index (κ2) is 12.1. The van der Waals surface area contributed by atoms with Crippen LogP contribution in [0.4, 0.5) is 0 Å². The van der Waals surface area contributed by atoms with E-state index in [2.05, 4.69) is 205 Å². The fourth-order valence-electron chi connectivity index (χ4n) is 9.57. The largest absolute Gasteiger partial charge is 0.309 e. The molecule has 11 aromatic rings. The van der Waals surface area contributed by atoms with E-state index in [1.165, 1.54) is 115 Å². The van der Waals surface area contributed by atoms with Gasteiger partial charge >= 0.3 is 0 Å². The lowest BCUT2D eigenvalue weighted by Crippen LogP contribution is -1.95. The third-order valence-corrected chi connectivity index (χ3v) is 12.2. The average molecular weight is 710 g/mol. The second-order valence-electron chi connectivity index (χ2n) is 15.3. The molecule has 0 spiro atoms. The van der Waals surface area contributed by atoms with Gasteiger partial charge in [0.2, 0.25) is 0 Å². The summed E-state index contributed by atoms with van der Waals surface area (Å²) in [5.41, 5.74) is 16.6. The van der Waals surface area contributed by atoms with E-state index >= 15 is 0 Å². The molecule has 0 N–H and O–H groups in total. The summed E-state index contributed by atoms with van der Waals surface area (Å²) in [7, 11) is 0. The molecule has 1 aliphatic rings. The summed E-state index contributed by atoms with van der Waals surface area (Å²) in [5, 5.41) is 10.2. The van der Waals surface area contributed by atoms with Crippen molar-refractivity contribution < 1.29 is 0 Å². The van der Waals surface area contributed by atoms with Crippen molar-refractivity contribution in [3.8, 4) is 50.2 Å². The first-order valence-electron chi connectivity index (χ1n) is 19.5. The van der Waals surface area contributed by atoms with Crippen molar-refractivity contribution in [3.05, 3.63) is 211 Å². The Morgan fingerprint density at radius 2 is 0.696 bits per heavy atom. The van der Waals surface area contributed by atoms with Crippen molar-refractivity contribution in [2.75, 3.05) is 0 Å². The lowest BCUT2D eigenvalue weighted by molar-refractivity contribution is 1.16. The fourth-order valence-corrected chi connectivity index (χ4v) is 9.57. The van der Waals surface area contributed by atoms with Crippen LogP contribution in [0.15, 0.2) is 200 Å². The maximum atomic E-state index is 2.48. The highest BCUT2D eigenvalue weighted by Gasteiger charge is 2.22. The van der Waals surface area contributed by atoms with Gasteiger partial charge in [0.25, 0.3) is 0 Å². The van der Waals surface area contributed by atoms with Crippen LogP contribution in [0.25, 0.3) is 104 Å². The second-order valence-corrected chi connectivity index (χ2v) is 15.3. The van der Waals surface area contributed by atoms with Crippen molar-refractivity contribution in [1.82, 2.24) is 4.57 Å². The van der Waals surface area contributed by atoms with Crippen LogP contribution in [0.5, 0.6) is 0 Å². The summed E-state index contributed by atoms with van der Waals surface area (Å²) < 4.78 is 2.48. The first kappa shape index (κ1) is 31.2. The summed E-state index contributed by atoms with van der Waals surface area (Å²) in [6, 6.07) is 74.3. The van der Waals surface area contributed by atoms with E-state index in [0.717, 1.165) is 6.42 Å². The molecule has 1 aliphatic carbocycles. The van der Waals surface area contributed by atoms with Gasteiger partial charge in [-0.1, -0.05) is 164 Å². The number of fused-ring (bicyclic) bond motifs is 9. The van der Waals surface area contributed by atoms with Crippen LogP contribution in [-0.4, -0.2) is 4.57 Å². The minimum Gasteiger partial charge on any atom is -0.309 e. The predicted octanol–water partition coefficient (Wildman–Crippen LogP) is 14.8. The molecule has 0 unspecified atom stereocenters. The molecule has 0 aliphatic heterocycles. The number of hydrogen-bond donors (Lipinski definition) is 0. The minimum atomic E-state index is 0.921. The van der Waals surface area contributed by atoms with Crippen molar-refractivity contribution >= 4 is 54.1 Å². The van der Waals surface area contributed by atoms with Gasteiger partial charge in [-0.15, -0.1) is 0 Å². The van der Waals surface area contributed by atoms with E-state index in [1.54, 1.807) is 0 Å². The fraction of sp³-hybridized carbons (Fsp3) is 0.0182. The molecule has 0 bridgehead atoms. The van der Waals surface area contributed by atoms with Gasteiger partial charge in [0, 0.05) is 16.5 Å². The summed E-state index contributed by atoms with van der Waals surface area (Å²) in [6.45, 7) is 0. The van der Waals surface area contributed by atoms with E-state index in [1.807, 2.05) is 0 Å². The van der Waals surface area contributed by atoms with Crippen LogP contribution in [0.3, 0.4) is 0 Å². The third kappa shape index (κ3) is 4.74. The van der Waals surface area contributed by atoms with Crippen molar-refractivity contribution in [3.63, 3.8) is 0 Å². The Labute approximate surface area is 325 Å². The normalized spacial score (nSPS) is 12.2. The average Bonchev–Trinajstić information content (AvgIpc) is 3.79. The van der Waals surface area contributed by atoms with Crippen LogP contribution < -0.4 is 0 Å². The Morgan fingerprint density at radius 1 is 0.286 bits per heavy atom. The monoisotopic (exact) mass is 709 g/mol. The lowest BCUT2D eigenvalue weighted by atomic mass is 9.95. The maximum Gasteiger partial charge on any atom is 0.0541 e. The number of rotatable bonds is 4. The zero-order valence-electron chi connectivity index (χ0n) is 30.7. The van der Waals surface area contributed by atoms with Gasteiger partial charge < -0.3 is 4.57 Å². The van der Waals surface area contributed by atoms with Gasteiger partial charge in [0.05, 0.1) is 11.0 Å². The molecule has 12 rings (SSSR count). The van der Waals surface area contributed by atoms with Gasteiger partial charge in [-0.25, -0.2) is 0 Å². The quantitative estimate of drug-likeness (QED) is 0.171. The standard InChI is InChI=1S/C55H35N/c1-4-16-44-35(10-1)13-7-19-47(44)38-22-26-50-41(30-38)31-42-32-43(25-27-51(42)50)56-54-28-23-39(48-20-8-14-36-11-2-5-17-45(36)48)33-52(54)53-34-40(24-29-55(53)56)49-21-9-15-37-12-3-6-18-46(37)49/h1-30,32-34H,31H2. The molecule has 0 fully saturated rings. The van der Waals surface area contributed by atoms with Gasteiger partial charge in [0.15, 0.2) is 0 Å². The summed E-state index contributed by atoms with van der Waals surface area (Å²) in [4.78, 5) is 0. The van der Waals surface area contributed by atoms with Gasteiger partial charge in [-0.05, 0) is 131 Å². The summed E-state index contributed by atoms with van der Waals surface area (Å²) in [6.07, 6.45) is 0.921. The van der Waals surface area contributed by atoms with Crippen LogP contribution in [0, 0.1) is 0 Å².